The van der Waals surface area contributed by atoms with Gasteiger partial charge in [0.2, 0.25) is 5.89 Å². The summed E-state index contributed by atoms with van der Waals surface area (Å²) in [5.74, 6) is 1.44. The number of rotatable bonds is 4. The van der Waals surface area contributed by atoms with Gasteiger partial charge in [-0.2, -0.15) is 0 Å². The Morgan fingerprint density at radius 2 is 2.00 bits per heavy atom. The first-order chi connectivity index (χ1) is 12.5. The smallest absolute Gasteiger partial charge is 0.277 e. The Labute approximate surface area is 161 Å². The Balaban J connectivity index is 1.53. The lowest BCUT2D eigenvalue weighted by Gasteiger charge is -1.99. The molecule has 4 aromatic rings. The standard InChI is InChI=1S/C17H13ClN4O2S2/c1-8-9(2)26-16-13(8)14(23)19-12(20-16)7-25-17-22-21-15(24-17)10-3-5-11(18)6-4-10/h3-6H,7H2,1-2H3,(H,19,20,23). The van der Waals surface area contributed by atoms with Gasteiger partial charge >= 0.3 is 0 Å². The van der Waals surface area contributed by atoms with E-state index in [2.05, 4.69) is 20.2 Å². The van der Waals surface area contributed by atoms with Crippen LogP contribution in [0.4, 0.5) is 0 Å². The third kappa shape index (κ3) is 3.27. The van der Waals surface area contributed by atoms with Crippen molar-refractivity contribution in [3.8, 4) is 11.5 Å². The summed E-state index contributed by atoms with van der Waals surface area (Å²) in [6.45, 7) is 3.93. The maximum atomic E-state index is 12.3. The van der Waals surface area contributed by atoms with Gasteiger partial charge in [0.05, 0.1) is 11.1 Å². The van der Waals surface area contributed by atoms with E-state index >= 15 is 0 Å². The number of thioether (sulfide) groups is 1. The molecule has 0 atom stereocenters. The highest BCUT2D eigenvalue weighted by Gasteiger charge is 2.14. The summed E-state index contributed by atoms with van der Waals surface area (Å²) >= 11 is 8.74. The predicted octanol–water partition coefficient (Wildman–Crippen LogP) is 4.60. The zero-order valence-corrected chi connectivity index (χ0v) is 16.3. The van der Waals surface area contributed by atoms with E-state index in [9.17, 15) is 4.79 Å². The number of aryl methyl sites for hydroxylation is 2. The minimum atomic E-state index is -0.111. The van der Waals surface area contributed by atoms with Crippen molar-refractivity contribution < 1.29 is 4.42 Å². The van der Waals surface area contributed by atoms with E-state index in [1.807, 2.05) is 26.0 Å². The third-order valence-electron chi connectivity index (χ3n) is 3.92. The first-order valence-electron chi connectivity index (χ1n) is 7.72. The third-order valence-corrected chi connectivity index (χ3v) is 6.10. The largest absolute Gasteiger partial charge is 0.411 e. The number of aromatic amines is 1. The average Bonchev–Trinajstić information content (AvgIpc) is 3.19. The van der Waals surface area contributed by atoms with Crippen molar-refractivity contribution >= 4 is 44.9 Å². The molecular formula is C17H13ClN4O2S2. The van der Waals surface area contributed by atoms with E-state index in [4.69, 9.17) is 16.0 Å². The van der Waals surface area contributed by atoms with Gasteiger partial charge < -0.3 is 9.40 Å². The quantitative estimate of drug-likeness (QED) is 0.500. The summed E-state index contributed by atoms with van der Waals surface area (Å²) in [6.07, 6.45) is 0. The lowest BCUT2D eigenvalue weighted by Crippen LogP contribution is -2.10. The summed E-state index contributed by atoms with van der Waals surface area (Å²) in [4.78, 5) is 21.5. The molecular weight excluding hydrogens is 392 g/mol. The number of fused-ring (bicyclic) bond motifs is 1. The van der Waals surface area contributed by atoms with Crippen molar-refractivity contribution in [1.82, 2.24) is 20.2 Å². The van der Waals surface area contributed by atoms with E-state index in [0.717, 1.165) is 20.8 Å². The Bertz CT molecular complexity index is 1150. The van der Waals surface area contributed by atoms with Crippen LogP contribution < -0.4 is 5.56 Å². The molecule has 1 N–H and O–H groups in total. The van der Waals surface area contributed by atoms with E-state index < -0.39 is 0 Å². The van der Waals surface area contributed by atoms with E-state index in [1.54, 1.807) is 12.1 Å². The monoisotopic (exact) mass is 404 g/mol. The van der Waals surface area contributed by atoms with Crippen molar-refractivity contribution in [2.75, 3.05) is 0 Å². The van der Waals surface area contributed by atoms with Crippen LogP contribution in [0.3, 0.4) is 0 Å². The van der Waals surface area contributed by atoms with Gasteiger partial charge in [0, 0.05) is 15.5 Å². The van der Waals surface area contributed by atoms with Crippen LogP contribution in [-0.4, -0.2) is 20.2 Å². The number of nitrogens with one attached hydrogen (secondary N) is 1. The number of H-pyrrole nitrogens is 1. The molecule has 0 saturated carbocycles. The molecule has 0 aliphatic heterocycles. The Kier molecular flexibility index (Phi) is 4.56. The highest BCUT2D eigenvalue weighted by atomic mass is 35.5. The zero-order valence-electron chi connectivity index (χ0n) is 13.9. The van der Waals surface area contributed by atoms with Gasteiger partial charge in [0.25, 0.3) is 10.8 Å². The molecule has 6 nitrogen and oxygen atoms in total. The van der Waals surface area contributed by atoms with Crippen molar-refractivity contribution in [2.45, 2.75) is 24.8 Å². The fourth-order valence-electron chi connectivity index (χ4n) is 2.47. The molecule has 0 amide bonds. The lowest BCUT2D eigenvalue weighted by atomic mass is 10.2. The summed E-state index contributed by atoms with van der Waals surface area (Å²) in [5, 5.41) is 9.80. The number of thiophene rings is 1. The first kappa shape index (κ1) is 17.3. The van der Waals surface area contributed by atoms with Gasteiger partial charge in [0.15, 0.2) is 0 Å². The fraction of sp³-hybridized carbons (Fsp3) is 0.176. The molecule has 0 spiro atoms. The number of benzene rings is 1. The molecule has 3 heterocycles. The molecule has 0 saturated heterocycles. The number of nitrogens with zero attached hydrogens (tertiary/aromatic N) is 3. The second-order valence-corrected chi connectivity index (χ2v) is 8.21. The highest BCUT2D eigenvalue weighted by molar-refractivity contribution is 7.98. The molecule has 0 fully saturated rings. The van der Waals surface area contributed by atoms with Crippen LogP contribution in [0.15, 0.2) is 38.7 Å². The van der Waals surface area contributed by atoms with Crippen LogP contribution in [0.1, 0.15) is 16.3 Å². The molecule has 4 rings (SSSR count). The van der Waals surface area contributed by atoms with Crippen LogP contribution in [0, 0.1) is 13.8 Å². The average molecular weight is 405 g/mol. The van der Waals surface area contributed by atoms with Crippen LogP contribution in [-0.2, 0) is 5.75 Å². The number of hydrogen-bond acceptors (Lipinski definition) is 7. The fourth-order valence-corrected chi connectivity index (χ4v) is 4.28. The predicted molar refractivity (Wildman–Crippen MR) is 104 cm³/mol. The van der Waals surface area contributed by atoms with Gasteiger partial charge in [-0.3, -0.25) is 4.79 Å². The second kappa shape index (κ2) is 6.86. The minimum Gasteiger partial charge on any atom is -0.411 e. The van der Waals surface area contributed by atoms with Gasteiger partial charge in [-0.25, -0.2) is 4.98 Å². The molecule has 0 radical (unpaired) electrons. The molecule has 1 aromatic carbocycles. The van der Waals surface area contributed by atoms with E-state index in [0.29, 0.717) is 33.1 Å². The maximum Gasteiger partial charge on any atom is 0.277 e. The molecule has 0 bridgehead atoms. The van der Waals surface area contributed by atoms with E-state index in [1.165, 1.54) is 23.1 Å². The van der Waals surface area contributed by atoms with Gasteiger partial charge in [0.1, 0.15) is 10.7 Å². The number of halogens is 1. The Hall–Kier alpha value is -2.16. The Morgan fingerprint density at radius 3 is 2.77 bits per heavy atom. The minimum absolute atomic E-state index is 0.111. The van der Waals surface area contributed by atoms with Crippen LogP contribution in [0.5, 0.6) is 0 Å². The molecule has 9 heteroatoms. The molecule has 26 heavy (non-hydrogen) atoms. The number of hydrogen-bond donors (Lipinski definition) is 1. The van der Waals surface area contributed by atoms with Crippen LogP contribution in [0.25, 0.3) is 21.7 Å². The summed E-state index contributed by atoms with van der Waals surface area (Å²) in [7, 11) is 0. The number of aromatic nitrogens is 4. The van der Waals surface area contributed by atoms with Gasteiger partial charge in [-0.15, -0.1) is 21.5 Å². The van der Waals surface area contributed by atoms with Gasteiger partial charge in [-0.05, 0) is 43.7 Å². The molecule has 132 valence electrons. The summed E-state index contributed by atoms with van der Waals surface area (Å²) in [5.41, 5.74) is 1.67. The van der Waals surface area contributed by atoms with Crippen molar-refractivity contribution in [3.05, 3.63) is 55.9 Å². The molecule has 0 unspecified atom stereocenters. The molecule has 0 aliphatic rings. The molecule has 3 aromatic heterocycles. The maximum absolute atomic E-state index is 12.3. The summed E-state index contributed by atoms with van der Waals surface area (Å²) in [6, 6.07) is 7.17. The SMILES string of the molecule is Cc1sc2nc(CSc3nnc(-c4ccc(Cl)cc4)o3)[nH]c(=O)c2c1C. The lowest BCUT2D eigenvalue weighted by molar-refractivity contribution is 0.465. The summed E-state index contributed by atoms with van der Waals surface area (Å²) < 4.78 is 5.65. The Morgan fingerprint density at radius 1 is 1.23 bits per heavy atom. The van der Waals surface area contributed by atoms with Crippen LogP contribution >= 0.6 is 34.7 Å². The van der Waals surface area contributed by atoms with Gasteiger partial charge in [-0.1, -0.05) is 23.4 Å². The topological polar surface area (TPSA) is 84.7 Å². The zero-order chi connectivity index (χ0) is 18.3. The second-order valence-electron chi connectivity index (χ2n) is 5.64. The normalized spacial score (nSPS) is 11.3. The molecule has 0 aliphatic carbocycles. The highest BCUT2D eigenvalue weighted by Crippen LogP contribution is 2.28. The van der Waals surface area contributed by atoms with Crippen molar-refractivity contribution in [3.63, 3.8) is 0 Å². The van der Waals surface area contributed by atoms with Crippen molar-refractivity contribution in [1.29, 1.82) is 0 Å². The van der Waals surface area contributed by atoms with Crippen molar-refractivity contribution in [2.24, 2.45) is 0 Å². The van der Waals surface area contributed by atoms with E-state index in [-0.39, 0.29) is 5.56 Å². The van der Waals surface area contributed by atoms with Crippen LogP contribution in [0.2, 0.25) is 5.02 Å². The first-order valence-corrected chi connectivity index (χ1v) is 9.90.